The number of hydrogen-bond donors (Lipinski definition) is 1. The zero-order valence-electron chi connectivity index (χ0n) is 18.8. The van der Waals surface area contributed by atoms with Crippen molar-refractivity contribution in [1.29, 1.82) is 0 Å². The van der Waals surface area contributed by atoms with Crippen molar-refractivity contribution in [2.45, 2.75) is 51.6 Å². The van der Waals surface area contributed by atoms with Crippen LogP contribution < -0.4 is 5.32 Å². The van der Waals surface area contributed by atoms with Crippen molar-refractivity contribution in [3.8, 4) is 0 Å². The first-order chi connectivity index (χ1) is 15.2. The standard InChI is InChI=1S/C23H35N7S/c1-17-26-27-22(28(17)2)16-25-23(24-8-7-20-4-3-13-31-20)30-11-9-29(10-12-30)21-15-18-5-6-19(21)14-18/h3-4,13,18-19,21H,5-12,14-16H2,1-2H3,(H,24,25). The van der Waals surface area contributed by atoms with Gasteiger partial charge in [0.1, 0.15) is 12.4 Å². The predicted molar refractivity (Wildman–Crippen MR) is 125 cm³/mol. The SMILES string of the molecule is Cc1nnc(CN=C(NCCc2cccs2)N2CCN(C3CC4CCC3C4)CC2)n1C. The minimum absolute atomic E-state index is 0.561. The van der Waals surface area contributed by atoms with Crippen molar-refractivity contribution in [2.75, 3.05) is 32.7 Å². The van der Waals surface area contributed by atoms with E-state index in [1.165, 1.54) is 30.6 Å². The molecule has 2 aliphatic carbocycles. The highest BCUT2D eigenvalue weighted by molar-refractivity contribution is 7.09. The van der Waals surface area contributed by atoms with Gasteiger partial charge in [0, 0.05) is 50.7 Å². The van der Waals surface area contributed by atoms with Gasteiger partial charge < -0.3 is 14.8 Å². The third-order valence-electron chi connectivity index (χ3n) is 7.57. The number of aromatic nitrogens is 3. The normalized spacial score (nSPS) is 26.7. The third kappa shape index (κ3) is 4.65. The molecule has 3 unspecified atom stereocenters. The molecule has 0 spiro atoms. The molecule has 2 aromatic heterocycles. The lowest BCUT2D eigenvalue weighted by atomic mass is 9.93. The molecule has 1 aliphatic heterocycles. The van der Waals surface area contributed by atoms with Gasteiger partial charge in [-0.05, 0) is 55.9 Å². The highest BCUT2D eigenvalue weighted by Crippen LogP contribution is 2.46. The summed E-state index contributed by atoms with van der Waals surface area (Å²) in [5, 5.41) is 14.3. The van der Waals surface area contributed by atoms with Gasteiger partial charge in [-0.25, -0.2) is 4.99 Å². The first kappa shape index (κ1) is 20.9. The van der Waals surface area contributed by atoms with Gasteiger partial charge in [-0.1, -0.05) is 12.5 Å². The minimum Gasteiger partial charge on any atom is -0.356 e. The smallest absolute Gasteiger partial charge is 0.194 e. The van der Waals surface area contributed by atoms with E-state index in [4.69, 9.17) is 4.99 Å². The Morgan fingerprint density at radius 1 is 1.19 bits per heavy atom. The molecule has 3 atom stereocenters. The summed E-state index contributed by atoms with van der Waals surface area (Å²) < 4.78 is 2.03. The summed E-state index contributed by atoms with van der Waals surface area (Å²) in [7, 11) is 2.01. The molecule has 3 heterocycles. The minimum atomic E-state index is 0.561. The Bertz CT molecular complexity index is 882. The van der Waals surface area contributed by atoms with E-state index < -0.39 is 0 Å². The molecule has 2 bridgehead atoms. The molecule has 2 saturated carbocycles. The number of piperazine rings is 1. The van der Waals surface area contributed by atoms with Gasteiger partial charge >= 0.3 is 0 Å². The summed E-state index contributed by atoms with van der Waals surface area (Å²) in [6.45, 7) is 7.86. The maximum Gasteiger partial charge on any atom is 0.194 e. The van der Waals surface area contributed by atoms with Crippen LogP contribution in [0.2, 0.25) is 0 Å². The van der Waals surface area contributed by atoms with Gasteiger partial charge in [0.05, 0.1) is 0 Å². The molecule has 8 heteroatoms. The number of nitrogens with zero attached hydrogens (tertiary/aromatic N) is 6. The van der Waals surface area contributed by atoms with E-state index in [1.54, 1.807) is 0 Å². The quantitative estimate of drug-likeness (QED) is 0.552. The molecule has 7 nitrogen and oxygen atoms in total. The molecule has 0 aromatic carbocycles. The van der Waals surface area contributed by atoms with Crippen LogP contribution in [-0.4, -0.2) is 69.3 Å². The van der Waals surface area contributed by atoms with Crippen LogP contribution in [0.4, 0.5) is 0 Å². The monoisotopic (exact) mass is 441 g/mol. The van der Waals surface area contributed by atoms with Crippen LogP contribution in [0.15, 0.2) is 22.5 Å². The Hall–Kier alpha value is -1.93. The highest BCUT2D eigenvalue weighted by atomic mass is 32.1. The number of nitrogens with one attached hydrogen (secondary N) is 1. The second-order valence-electron chi connectivity index (χ2n) is 9.38. The molecular formula is C23H35N7S. The molecular weight excluding hydrogens is 406 g/mol. The van der Waals surface area contributed by atoms with Gasteiger partial charge in [-0.3, -0.25) is 4.90 Å². The molecule has 0 radical (unpaired) electrons. The number of hydrogen-bond acceptors (Lipinski definition) is 5. The van der Waals surface area contributed by atoms with Gasteiger partial charge in [0.2, 0.25) is 0 Å². The Kier molecular flexibility index (Phi) is 6.27. The van der Waals surface area contributed by atoms with E-state index in [2.05, 4.69) is 42.8 Å². The van der Waals surface area contributed by atoms with Crippen molar-refractivity contribution >= 4 is 17.3 Å². The van der Waals surface area contributed by atoms with Crippen molar-refractivity contribution < 1.29 is 0 Å². The van der Waals surface area contributed by atoms with Gasteiger partial charge in [0.25, 0.3) is 0 Å². The van der Waals surface area contributed by atoms with Gasteiger partial charge in [-0.2, -0.15) is 0 Å². The highest BCUT2D eigenvalue weighted by Gasteiger charge is 2.42. The van der Waals surface area contributed by atoms with E-state index in [0.717, 1.165) is 74.6 Å². The van der Waals surface area contributed by atoms with Crippen molar-refractivity contribution in [3.63, 3.8) is 0 Å². The Balaban J connectivity index is 1.21. The van der Waals surface area contributed by atoms with E-state index in [0.29, 0.717) is 6.54 Å². The molecule has 5 rings (SSSR count). The lowest BCUT2D eigenvalue weighted by molar-refractivity contribution is 0.0958. The van der Waals surface area contributed by atoms with Crippen LogP contribution in [0.1, 0.15) is 42.2 Å². The molecule has 1 N–H and O–H groups in total. The first-order valence-electron chi connectivity index (χ1n) is 11.8. The largest absolute Gasteiger partial charge is 0.356 e. The number of guanidine groups is 1. The maximum atomic E-state index is 4.96. The Morgan fingerprint density at radius 3 is 2.71 bits per heavy atom. The van der Waals surface area contributed by atoms with Crippen molar-refractivity contribution in [1.82, 2.24) is 29.9 Å². The van der Waals surface area contributed by atoms with Crippen molar-refractivity contribution in [3.05, 3.63) is 34.0 Å². The van der Waals surface area contributed by atoms with Gasteiger partial charge in [0.15, 0.2) is 11.8 Å². The molecule has 0 amide bonds. The van der Waals surface area contributed by atoms with Crippen molar-refractivity contribution in [2.24, 2.45) is 23.9 Å². The zero-order valence-corrected chi connectivity index (χ0v) is 19.7. The fourth-order valence-electron chi connectivity index (χ4n) is 5.68. The summed E-state index contributed by atoms with van der Waals surface area (Å²) >= 11 is 1.82. The van der Waals surface area contributed by atoms with E-state index in [-0.39, 0.29) is 0 Å². The predicted octanol–water partition coefficient (Wildman–Crippen LogP) is 2.68. The second-order valence-corrected chi connectivity index (χ2v) is 10.4. The number of aryl methyl sites for hydroxylation is 1. The van der Waals surface area contributed by atoms with Gasteiger partial charge in [-0.15, -0.1) is 21.5 Å². The average molecular weight is 442 g/mol. The fraction of sp³-hybridized carbons (Fsp3) is 0.696. The lowest BCUT2D eigenvalue weighted by Gasteiger charge is -2.42. The number of fused-ring (bicyclic) bond motifs is 2. The summed E-state index contributed by atoms with van der Waals surface area (Å²) in [5.74, 6) is 4.84. The molecule has 168 valence electrons. The van der Waals surface area contributed by atoms with Crippen LogP contribution in [0.3, 0.4) is 0 Å². The lowest BCUT2D eigenvalue weighted by Crippen LogP contribution is -2.55. The maximum absolute atomic E-state index is 4.96. The van der Waals surface area contributed by atoms with E-state index >= 15 is 0 Å². The summed E-state index contributed by atoms with van der Waals surface area (Å²) in [6, 6.07) is 5.18. The van der Waals surface area contributed by atoms with Crippen LogP contribution in [0.5, 0.6) is 0 Å². The average Bonchev–Trinajstić information content (AvgIpc) is 3.59. The number of aliphatic imine (C=N–C) groups is 1. The number of rotatable bonds is 6. The van der Waals surface area contributed by atoms with Crippen LogP contribution in [0.25, 0.3) is 0 Å². The van der Waals surface area contributed by atoms with Crippen LogP contribution >= 0.6 is 11.3 Å². The van der Waals surface area contributed by atoms with Crippen LogP contribution in [0, 0.1) is 18.8 Å². The topological polar surface area (TPSA) is 61.6 Å². The molecule has 3 aliphatic rings. The Morgan fingerprint density at radius 2 is 2.06 bits per heavy atom. The molecule has 31 heavy (non-hydrogen) atoms. The number of thiophene rings is 1. The molecule has 2 aromatic rings. The van der Waals surface area contributed by atoms with E-state index in [9.17, 15) is 0 Å². The zero-order chi connectivity index (χ0) is 21.2. The fourth-order valence-corrected chi connectivity index (χ4v) is 6.39. The first-order valence-corrected chi connectivity index (χ1v) is 12.7. The summed E-state index contributed by atoms with van der Waals surface area (Å²) in [4.78, 5) is 11.6. The Labute approximate surface area is 189 Å². The molecule has 1 saturated heterocycles. The summed E-state index contributed by atoms with van der Waals surface area (Å²) in [5.41, 5.74) is 0. The third-order valence-corrected chi connectivity index (χ3v) is 8.51. The summed E-state index contributed by atoms with van der Waals surface area (Å²) in [6.07, 6.45) is 6.90. The van der Waals surface area contributed by atoms with Crippen LogP contribution in [-0.2, 0) is 20.0 Å². The second kappa shape index (κ2) is 9.28. The van der Waals surface area contributed by atoms with E-state index in [1.807, 2.05) is 29.9 Å². The molecule has 3 fully saturated rings.